The average Bonchev–Trinajstić information content (AvgIpc) is 2.18. The maximum Gasteiger partial charge on any atom is 0.199 e. The molecule has 3 heteroatoms. The number of hydrogen-bond donors (Lipinski definition) is 0. The fraction of sp³-hybridized carbons (Fsp3) is 0.333. The second-order valence-electron chi connectivity index (χ2n) is 3.57. The van der Waals surface area contributed by atoms with E-state index in [0.29, 0.717) is 4.90 Å². The highest BCUT2D eigenvalue weighted by atomic mass is 32.2. The number of sulfone groups is 1. The number of benzene rings is 1. The van der Waals surface area contributed by atoms with Gasteiger partial charge in [-0.25, -0.2) is 8.42 Å². The Balaban J connectivity index is 3.00. The van der Waals surface area contributed by atoms with Crippen molar-refractivity contribution in [3.05, 3.63) is 41.3 Å². The first-order valence-electron chi connectivity index (χ1n) is 5.03. The molecule has 0 radical (unpaired) electrons. The molecule has 0 unspecified atom stereocenters. The molecular weight excluding hydrogens is 208 g/mol. The lowest BCUT2D eigenvalue weighted by molar-refractivity contribution is 0.604. The van der Waals surface area contributed by atoms with Gasteiger partial charge in [-0.05, 0) is 25.5 Å². The van der Waals surface area contributed by atoms with Crippen LogP contribution < -0.4 is 0 Å². The van der Waals surface area contributed by atoms with E-state index >= 15 is 0 Å². The first kappa shape index (κ1) is 12.0. The van der Waals surface area contributed by atoms with E-state index in [9.17, 15) is 8.42 Å². The van der Waals surface area contributed by atoms with Crippen molar-refractivity contribution in [2.45, 2.75) is 31.6 Å². The van der Waals surface area contributed by atoms with Gasteiger partial charge in [-0.1, -0.05) is 37.1 Å². The molecule has 1 rings (SSSR count). The zero-order chi connectivity index (χ0) is 11.3. The Bertz CT molecular complexity index is 430. The van der Waals surface area contributed by atoms with Gasteiger partial charge in [0.15, 0.2) is 9.84 Å². The third-order valence-corrected chi connectivity index (χ3v) is 3.71. The molecule has 0 heterocycles. The van der Waals surface area contributed by atoms with Crippen LogP contribution in [0.4, 0.5) is 0 Å². The molecule has 0 aliphatic heterocycles. The molecule has 1 aromatic rings. The van der Waals surface area contributed by atoms with Crippen LogP contribution in [-0.2, 0) is 9.84 Å². The Hall–Kier alpha value is -1.09. The minimum absolute atomic E-state index is 0.362. The highest BCUT2D eigenvalue weighted by molar-refractivity contribution is 7.94. The lowest BCUT2D eigenvalue weighted by Crippen LogP contribution is -1.97. The van der Waals surface area contributed by atoms with Gasteiger partial charge in [-0.2, -0.15) is 0 Å². The average molecular weight is 224 g/mol. The minimum Gasteiger partial charge on any atom is -0.219 e. The van der Waals surface area contributed by atoms with E-state index in [4.69, 9.17) is 0 Å². The lowest BCUT2D eigenvalue weighted by Gasteiger charge is -2.01. The van der Waals surface area contributed by atoms with Crippen molar-refractivity contribution in [1.82, 2.24) is 0 Å². The van der Waals surface area contributed by atoms with Crippen LogP contribution in [0.3, 0.4) is 0 Å². The van der Waals surface area contributed by atoms with Gasteiger partial charge in [0.2, 0.25) is 0 Å². The maximum absolute atomic E-state index is 11.8. The van der Waals surface area contributed by atoms with Crippen molar-refractivity contribution in [2.24, 2.45) is 0 Å². The van der Waals surface area contributed by atoms with Crippen LogP contribution in [0, 0.1) is 0 Å². The topological polar surface area (TPSA) is 34.1 Å². The molecule has 0 bridgehead atoms. The second-order valence-corrected chi connectivity index (χ2v) is 5.37. The summed E-state index contributed by atoms with van der Waals surface area (Å²) >= 11 is 0. The first-order valence-corrected chi connectivity index (χ1v) is 6.58. The van der Waals surface area contributed by atoms with E-state index in [1.54, 1.807) is 24.3 Å². The molecule has 0 amide bonds. The molecule has 0 N–H and O–H groups in total. The lowest BCUT2D eigenvalue weighted by atomic mass is 10.2. The predicted octanol–water partition coefficient (Wildman–Crippen LogP) is 3.16. The third kappa shape index (κ3) is 3.51. The fourth-order valence-electron chi connectivity index (χ4n) is 1.40. The summed E-state index contributed by atoms with van der Waals surface area (Å²) in [5.74, 6) is 0. The normalized spacial score (nSPS) is 12.8. The van der Waals surface area contributed by atoms with Gasteiger partial charge in [0, 0.05) is 5.41 Å². The molecule has 82 valence electrons. The fourth-order valence-corrected chi connectivity index (χ4v) is 2.72. The van der Waals surface area contributed by atoms with Crippen molar-refractivity contribution in [3.63, 3.8) is 0 Å². The van der Waals surface area contributed by atoms with Gasteiger partial charge in [-0.15, -0.1) is 0 Å². The Morgan fingerprint density at radius 3 is 2.40 bits per heavy atom. The molecule has 0 saturated heterocycles. The van der Waals surface area contributed by atoms with Crippen molar-refractivity contribution in [2.75, 3.05) is 0 Å². The Labute approximate surface area is 91.6 Å². The van der Waals surface area contributed by atoms with Gasteiger partial charge < -0.3 is 0 Å². The summed E-state index contributed by atoms with van der Waals surface area (Å²) in [7, 11) is -3.24. The predicted molar refractivity (Wildman–Crippen MR) is 62.3 cm³/mol. The van der Waals surface area contributed by atoms with Gasteiger partial charge in [0.25, 0.3) is 0 Å². The molecule has 1 aromatic carbocycles. The van der Waals surface area contributed by atoms with Gasteiger partial charge in [-0.3, -0.25) is 0 Å². The molecule has 0 fully saturated rings. The summed E-state index contributed by atoms with van der Waals surface area (Å²) in [6.45, 7) is 3.89. The van der Waals surface area contributed by atoms with Gasteiger partial charge in [0.05, 0.1) is 4.90 Å². The zero-order valence-electron chi connectivity index (χ0n) is 9.10. The summed E-state index contributed by atoms with van der Waals surface area (Å²) in [5.41, 5.74) is 0.904. The summed E-state index contributed by atoms with van der Waals surface area (Å²) in [6.07, 6.45) is 1.79. The molecule has 0 aliphatic carbocycles. The third-order valence-electron chi connectivity index (χ3n) is 2.07. The summed E-state index contributed by atoms with van der Waals surface area (Å²) in [5, 5.41) is 1.37. The number of hydrogen-bond acceptors (Lipinski definition) is 2. The Kier molecular flexibility index (Phi) is 4.09. The summed E-state index contributed by atoms with van der Waals surface area (Å²) in [6, 6.07) is 8.50. The van der Waals surface area contributed by atoms with Crippen molar-refractivity contribution in [1.29, 1.82) is 0 Å². The quantitative estimate of drug-likeness (QED) is 0.787. The highest BCUT2D eigenvalue weighted by Crippen LogP contribution is 2.15. The molecule has 0 aliphatic rings. The molecule has 0 aromatic heterocycles. The Morgan fingerprint density at radius 1 is 1.27 bits per heavy atom. The molecule has 2 nitrogen and oxygen atoms in total. The second kappa shape index (κ2) is 5.12. The van der Waals surface area contributed by atoms with Crippen molar-refractivity contribution in [3.8, 4) is 0 Å². The largest absolute Gasteiger partial charge is 0.219 e. The SMILES string of the molecule is CCC/C(C)=C/S(=O)(=O)c1ccccc1. The number of rotatable bonds is 4. The van der Waals surface area contributed by atoms with Crippen LogP contribution in [-0.4, -0.2) is 8.42 Å². The van der Waals surface area contributed by atoms with Crippen LogP contribution >= 0.6 is 0 Å². The Morgan fingerprint density at radius 2 is 1.87 bits per heavy atom. The van der Waals surface area contributed by atoms with Crippen molar-refractivity contribution >= 4 is 9.84 Å². The van der Waals surface area contributed by atoms with Crippen LogP contribution in [0.15, 0.2) is 46.2 Å². The van der Waals surface area contributed by atoms with E-state index in [2.05, 4.69) is 0 Å². The first-order chi connectivity index (χ1) is 7.06. The summed E-state index contributed by atoms with van der Waals surface area (Å²) in [4.78, 5) is 0.362. The van der Waals surface area contributed by atoms with Crippen molar-refractivity contribution < 1.29 is 8.42 Å². The van der Waals surface area contributed by atoms with Crippen LogP contribution in [0.2, 0.25) is 0 Å². The molecule has 0 atom stereocenters. The smallest absolute Gasteiger partial charge is 0.199 e. The molecular formula is C12H16O2S. The van der Waals surface area contributed by atoms with Crippen LogP contribution in [0.5, 0.6) is 0 Å². The standard InChI is InChI=1S/C12H16O2S/c1-3-7-11(2)10-15(13,14)12-8-5-4-6-9-12/h4-6,8-10H,3,7H2,1-2H3/b11-10+. The number of allylic oxidation sites excluding steroid dienone is 1. The van der Waals surface area contributed by atoms with E-state index in [-0.39, 0.29) is 0 Å². The molecule has 0 saturated carbocycles. The van der Waals surface area contributed by atoms with Gasteiger partial charge in [0.1, 0.15) is 0 Å². The highest BCUT2D eigenvalue weighted by Gasteiger charge is 2.09. The van der Waals surface area contributed by atoms with E-state index in [1.807, 2.05) is 19.9 Å². The molecule has 0 spiro atoms. The van der Waals surface area contributed by atoms with E-state index in [0.717, 1.165) is 18.4 Å². The van der Waals surface area contributed by atoms with E-state index in [1.165, 1.54) is 5.41 Å². The van der Waals surface area contributed by atoms with E-state index < -0.39 is 9.84 Å². The van der Waals surface area contributed by atoms with Crippen LogP contribution in [0.25, 0.3) is 0 Å². The zero-order valence-corrected chi connectivity index (χ0v) is 9.92. The monoisotopic (exact) mass is 224 g/mol. The molecule has 15 heavy (non-hydrogen) atoms. The van der Waals surface area contributed by atoms with Crippen LogP contribution in [0.1, 0.15) is 26.7 Å². The van der Waals surface area contributed by atoms with Gasteiger partial charge >= 0.3 is 0 Å². The maximum atomic E-state index is 11.8. The minimum atomic E-state index is -3.24. The summed E-state index contributed by atoms with van der Waals surface area (Å²) < 4.78 is 23.7.